The first kappa shape index (κ1) is 19.6. The maximum absolute atomic E-state index is 12.6. The van der Waals surface area contributed by atoms with Gasteiger partial charge in [-0.25, -0.2) is 13.1 Å². The molecule has 0 aliphatic carbocycles. The van der Waals surface area contributed by atoms with Crippen molar-refractivity contribution in [3.8, 4) is 0 Å². The number of carbonyl (C=O) groups excluding carboxylic acids is 1. The van der Waals surface area contributed by atoms with Crippen LogP contribution in [-0.2, 0) is 16.4 Å². The summed E-state index contributed by atoms with van der Waals surface area (Å²) in [5.74, 6) is 0.631. The van der Waals surface area contributed by atoms with E-state index >= 15 is 0 Å². The molecule has 1 aliphatic rings. The predicted octanol–water partition coefficient (Wildman–Crippen LogP) is 3.08. The van der Waals surface area contributed by atoms with Crippen LogP contribution in [0.25, 0.3) is 0 Å². The third kappa shape index (κ3) is 5.17. The van der Waals surface area contributed by atoms with Gasteiger partial charge in [0.05, 0.1) is 4.90 Å². The fourth-order valence-corrected chi connectivity index (χ4v) is 4.26. The summed E-state index contributed by atoms with van der Waals surface area (Å²) < 4.78 is 27.5. The molecule has 27 heavy (non-hydrogen) atoms. The van der Waals surface area contributed by atoms with Crippen molar-refractivity contribution in [2.75, 3.05) is 19.6 Å². The number of hydrogen-bond acceptors (Lipinski definition) is 3. The van der Waals surface area contributed by atoms with Gasteiger partial charge in [0.25, 0.3) is 5.91 Å². The first-order valence-electron chi connectivity index (χ1n) is 9.38. The second-order valence-electron chi connectivity index (χ2n) is 7.13. The van der Waals surface area contributed by atoms with Crippen LogP contribution in [0, 0.1) is 5.92 Å². The van der Waals surface area contributed by atoms with E-state index in [0.717, 1.165) is 31.5 Å². The monoisotopic (exact) mass is 386 g/mol. The molecule has 1 amide bonds. The molecular formula is C21H26N2O3S. The fourth-order valence-electron chi connectivity index (χ4n) is 3.23. The zero-order valence-electron chi connectivity index (χ0n) is 15.6. The molecule has 6 heteroatoms. The number of amides is 1. The molecule has 1 N–H and O–H groups in total. The number of benzene rings is 2. The van der Waals surface area contributed by atoms with E-state index < -0.39 is 10.0 Å². The van der Waals surface area contributed by atoms with Crippen molar-refractivity contribution in [3.05, 3.63) is 65.7 Å². The number of hydrogen-bond donors (Lipinski definition) is 1. The van der Waals surface area contributed by atoms with E-state index in [1.54, 1.807) is 12.1 Å². The Morgan fingerprint density at radius 2 is 1.67 bits per heavy atom. The van der Waals surface area contributed by atoms with E-state index in [9.17, 15) is 13.2 Å². The van der Waals surface area contributed by atoms with E-state index in [2.05, 4.69) is 11.6 Å². The molecular weight excluding hydrogens is 360 g/mol. The van der Waals surface area contributed by atoms with E-state index in [-0.39, 0.29) is 10.8 Å². The number of nitrogens with zero attached hydrogens (tertiary/aromatic N) is 1. The summed E-state index contributed by atoms with van der Waals surface area (Å²) in [7, 11) is -3.58. The summed E-state index contributed by atoms with van der Waals surface area (Å²) >= 11 is 0. The molecule has 0 saturated carbocycles. The van der Waals surface area contributed by atoms with E-state index in [1.165, 1.54) is 12.1 Å². The summed E-state index contributed by atoms with van der Waals surface area (Å²) in [4.78, 5) is 14.6. The third-order valence-electron chi connectivity index (χ3n) is 5.03. The van der Waals surface area contributed by atoms with Crippen molar-refractivity contribution in [3.63, 3.8) is 0 Å². The molecule has 2 aromatic rings. The molecule has 1 aliphatic heterocycles. The molecule has 1 saturated heterocycles. The molecule has 1 fully saturated rings. The highest BCUT2D eigenvalue weighted by Crippen LogP contribution is 2.19. The lowest BCUT2D eigenvalue weighted by atomic mass is 9.98. The first-order valence-corrected chi connectivity index (χ1v) is 10.9. The van der Waals surface area contributed by atoms with Crippen molar-refractivity contribution in [2.24, 2.45) is 5.92 Å². The quantitative estimate of drug-likeness (QED) is 0.830. The Hall–Kier alpha value is -2.18. The van der Waals surface area contributed by atoms with Gasteiger partial charge in [0.2, 0.25) is 10.0 Å². The Kier molecular flexibility index (Phi) is 6.29. The van der Waals surface area contributed by atoms with Crippen LogP contribution in [0.3, 0.4) is 0 Å². The van der Waals surface area contributed by atoms with Gasteiger partial charge in [-0.2, -0.15) is 0 Å². The molecule has 0 unspecified atom stereocenters. The number of sulfonamides is 1. The molecule has 144 valence electrons. The minimum absolute atomic E-state index is 0.0251. The zero-order valence-corrected chi connectivity index (χ0v) is 16.4. The predicted molar refractivity (Wildman–Crippen MR) is 106 cm³/mol. The Balaban J connectivity index is 1.59. The number of rotatable bonds is 6. The van der Waals surface area contributed by atoms with Crippen LogP contribution < -0.4 is 4.72 Å². The van der Waals surface area contributed by atoms with Crippen molar-refractivity contribution >= 4 is 15.9 Å². The van der Waals surface area contributed by atoms with Crippen molar-refractivity contribution < 1.29 is 13.2 Å². The number of likely N-dealkylation sites (tertiary alicyclic amines) is 1. The van der Waals surface area contributed by atoms with E-state index in [1.807, 2.05) is 35.2 Å². The normalized spacial score (nSPS) is 15.7. The van der Waals surface area contributed by atoms with Crippen molar-refractivity contribution in [1.82, 2.24) is 9.62 Å². The third-order valence-corrected chi connectivity index (χ3v) is 6.51. The Bertz CT molecular complexity index is 856. The van der Waals surface area contributed by atoms with Crippen LogP contribution >= 0.6 is 0 Å². The fraction of sp³-hybridized carbons (Fsp3) is 0.381. The topological polar surface area (TPSA) is 66.5 Å². The summed E-state index contributed by atoms with van der Waals surface area (Å²) in [6.07, 6.45) is 2.66. The highest BCUT2D eigenvalue weighted by Gasteiger charge is 2.22. The Labute approximate surface area is 161 Å². The van der Waals surface area contributed by atoms with Gasteiger partial charge in [0.1, 0.15) is 0 Å². The van der Waals surface area contributed by atoms with Gasteiger partial charge in [-0.05, 0) is 55.0 Å². The Morgan fingerprint density at radius 3 is 2.30 bits per heavy atom. The van der Waals surface area contributed by atoms with Crippen LogP contribution in [0.5, 0.6) is 0 Å². The van der Waals surface area contributed by atoms with Gasteiger partial charge >= 0.3 is 0 Å². The van der Waals surface area contributed by atoms with Gasteiger partial charge in [0, 0.05) is 25.2 Å². The maximum atomic E-state index is 12.6. The highest BCUT2D eigenvalue weighted by molar-refractivity contribution is 7.89. The van der Waals surface area contributed by atoms with Gasteiger partial charge in [-0.3, -0.25) is 4.79 Å². The van der Waals surface area contributed by atoms with E-state index in [4.69, 9.17) is 0 Å². The van der Waals surface area contributed by atoms with Crippen LogP contribution in [0.2, 0.25) is 0 Å². The molecule has 2 aromatic carbocycles. The molecule has 5 nitrogen and oxygen atoms in total. The molecule has 0 radical (unpaired) electrons. The molecule has 0 spiro atoms. The lowest BCUT2D eigenvalue weighted by Crippen LogP contribution is -2.37. The molecule has 0 aromatic heterocycles. The minimum atomic E-state index is -3.58. The second-order valence-corrected chi connectivity index (χ2v) is 8.90. The average molecular weight is 387 g/mol. The van der Waals surface area contributed by atoms with Crippen LogP contribution in [-0.4, -0.2) is 38.9 Å². The standard InChI is InChI=1S/C21H26N2O3S/c1-17-12-15-23(16-13-17)21(24)19-7-9-20(10-8-19)27(25,26)22-14-11-18-5-3-2-4-6-18/h2-10,17,22H,11-16H2,1H3. The maximum Gasteiger partial charge on any atom is 0.253 e. The minimum Gasteiger partial charge on any atom is -0.339 e. The smallest absolute Gasteiger partial charge is 0.253 e. The van der Waals surface area contributed by atoms with Gasteiger partial charge in [0.15, 0.2) is 0 Å². The second kappa shape index (κ2) is 8.67. The average Bonchev–Trinajstić information content (AvgIpc) is 2.69. The molecule has 0 bridgehead atoms. The SMILES string of the molecule is CC1CCN(C(=O)c2ccc(S(=O)(=O)NCCc3ccccc3)cc2)CC1. The summed E-state index contributed by atoms with van der Waals surface area (Å²) in [6.45, 7) is 4.06. The number of piperidine rings is 1. The first-order chi connectivity index (χ1) is 13.0. The number of nitrogens with one attached hydrogen (secondary N) is 1. The lowest BCUT2D eigenvalue weighted by molar-refractivity contribution is 0.0697. The van der Waals surface area contributed by atoms with Gasteiger partial charge < -0.3 is 4.90 Å². The largest absolute Gasteiger partial charge is 0.339 e. The Morgan fingerprint density at radius 1 is 1.04 bits per heavy atom. The molecule has 0 atom stereocenters. The zero-order chi connectivity index (χ0) is 19.3. The summed E-state index contributed by atoms with van der Waals surface area (Å²) in [5.41, 5.74) is 1.62. The van der Waals surface area contributed by atoms with Crippen molar-refractivity contribution in [1.29, 1.82) is 0 Å². The lowest BCUT2D eigenvalue weighted by Gasteiger charge is -2.30. The molecule has 1 heterocycles. The summed E-state index contributed by atoms with van der Waals surface area (Å²) in [5, 5.41) is 0. The van der Waals surface area contributed by atoms with Crippen LogP contribution in [0.1, 0.15) is 35.7 Å². The van der Waals surface area contributed by atoms with Gasteiger partial charge in [-0.1, -0.05) is 37.3 Å². The summed E-state index contributed by atoms with van der Waals surface area (Å²) in [6, 6.07) is 16.0. The molecule has 3 rings (SSSR count). The van der Waals surface area contributed by atoms with E-state index in [0.29, 0.717) is 24.4 Å². The van der Waals surface area contributed by atoms with Crippen LogP contribution in [0.15, 0.2) is 59.5 Å². The van der Waals surface area contributed by atoms with Crippen molar-refractivity contribution in [2.45, 2.75) is 31.1 Å². The van der Waals surface area contributed by atoms with Gasteiger partial charge in [-0.15, -0.1) is 0 Å². The highest BCUT2D eigenvalue weighted by atomic mass is 32.2. The number of carbonyl (C=O) groups is 1. The van der Waals surface area contributed by atoms with Crippen LogP contribution in [0.4, 0.5) is 0 Å².